The molecule has 11 heavy (non-hydrogen) atoms. The van der Waals surface area contributed by atoms with Gasteiger partial charge >= 0.3 is 12.1 Å². The standard InChI is InChI=1S/C6H10N2O3/c1-3-7-5(9)8-6(10)11-4-2/h3H,4H2,1-2H3,(H,8,9,10). The minimum absolute atomic E-state index is 0.231. The molecule has 0 aromatic heterocycles. The molecule has 62 valence electrons. The Labute approximate surface area is 64.4 Å². The molecule has 5 heteroatoms. The average Bonchev–Trinajstić information content (AvgIpc) is 1.87. The van der Waals surface area contributed by atoms with Crippen molar-refractivity contribution in [1.82, 2.24) is 5.32 Å². The van der Waals surface area contributed by atoms with E-state index in [4.69, 9.17) is 0 Å². The van der Waals surface area contributed by atoms with Gasteiger partial charge in [0.1, 0.15) is 0 Å². The first-order valence-electron chi connectivity index (χ1n) is 3.17. The first-order chi connectivity index (χ1) is 5.20. The topological polar surface area (TPSA) is 67.8 Å². The van der Waals surface area contributed by atoms with Gasteiger partial charge in [-0.15, -0.1) is 0 Å². The summed E-state index contributed by atoms with van der Waals surface area (Å²) >= 11 is 0. The minimum Gasteiger partial charge on any atom is -0.450 e. The van der Waals surface area contributed by atoms with Crippen molar-refractivity contribution in [3.8, 4) is 0 Å². The summed E-state index contributed by atoms with van der Waals surface area (Å²) in [6, 6.07) is -0.717. The number of amides is 3. The van der Waals surface area contributed by atoms with Crippen molar-refractivity contribution in [2.45, 2.75) is 13.8 Å². The van der Waals surface area contributed by atoms with E-state index < -0.39 is 12.1 Å². The van der Waals surface area contributed by atoms with Crippen LogP contribution in [0.2, 0.25) is 0 Å². The summed E-state index contributed by atoms with van der Waals surface area (Å²) in [5, 5.41) is 1.88. The van der Waals surface area contributed by atoms with E-state index in [0.29, 0.717) is 0 Å². The molecule has 1 N–H and O–H groups in total. The van der Waals surface area contributed by atoms with E-state index in [0.717, 1.165) is 0 Å². The molecule has 0 heterocycles. The maximum atomic E-state index is 10.5. The summed E-state index contributed by atoms with van der Waals surface area (Å²) in [7, 11) is 0. The van der Waals surface area contributed by atoms with Crippen LogP contribution in [0.15, 0.2) is 4.99 Å². The first-order valence-corrected chi connectivity index (χ1v) is 3.17. The van der Waals surface area contributed by atoms with Crippen molar-refractivity contribution >= 4 is 18.3 Å². The Morgan fingerprint density at radius 2 is 2.27 bits per heavy atom. The second-order valence-corrected chi connectivity index (χ2v) is 1.54. The number of rotatable bonds is 1. The van der Waals surface area contributed by atoms with Gasteiger partial charge in [-0.25, -0.2) is 19.9 Å². The number of alkyl carbamates (subject to hydrolysis) is 1. The predicted octanol–water partition coefficient (Wildman–Crippen LogP) is 0.943. The Morgan fingerprint density at radius 3 is 2.73 bits per heavy atom. The lowest BCUT2D eigenvalue weighted by atomic mass is 10.8. The molecule has 0 rings (SSSR count). The zero-order valence-electron chi connectivity index (χ0n) is 6.46. The summed E-state index contributed by atoms with van der Waals surface area (Å²) in [6.07, 6.45) is 0.511. The molecule has 0 fully saturated rings. The summed E-state index contributed by atoms with van der Waals surface area (Å²) in [5.74, 6) is 0. The Morgan fingerprint density at radius 1 is 1.64 bits per heavy atom. The maximum absolute atomic E-state index is 10.5. The van der Waals surface area contributed by atoms with E-state index in [1.807, 2.05) is 5.32 Å². The molecule has 0 aliphatic rings. The summed E-state index contributed by atoms with van der Waals surface area (Å²) in [5.41, 5.74) is 0. The Bertz CT molecular complexity index is 177. The number of hydrogen-bond donors (Lipinski definition) is 1. The predicted molar refractivity (Wildman–Crippen MR) is 39.7 cm³/mol. The normalized spacial score (nSPS) is 9.64. The van der Waals surface area contributed by atoms with Crippen LogP contribution in [0.4, 0.5) is 9.59 Å². The van der Waals surface area contributed by atoms with Gasteiger partial charge < -0.3 is 4.74 Å². The number of aliphatic imine (C=N–C) groups is 1. The van der Waals surface area contributed by atoms with Crippen molar-refractivity contribution in [1.29, 1.82) is 0 Å². The fraction of sp³-hybridized carbons (Fsp3) is 0.500. The van der Waals surface area contributed by atoms with E-state index >= 15 is 0 Å². The van der Waals surface area contributed by atoms with Crippen LogP contribution < -0.4 is 5.32 Å². The highest BCUT2D eigenvalue weighted by Gasteiger charge is 2.03. The highest BCUT2D eigenvalue weighted by Crippen LogP contribution is 1.78. The highest BCUT2D eigenvalue weighted by atomic mass is 16.5. The van der Waals surface area contributed by atoms with Crippen LogP contribution in [0.1, 0.15) is 13.8 Å². The monoisotopic (exact) mass is 158 g/mol. The fourth-order valence-corrected chi connectivity index (χ4v) is 0.404. The van der Waals surface area contributed by atoms with Crippen LogP contribution in [0.25, 0.3) is 0 Å². The van der Waals surface area contributed by atoms with Gasteiger partial charge in [0, 0.05) is 6.21 Å². The van der Waals surface area contributed by atoms with Crippen LogP contribution in [-0.2, 0) is 4.74 Å². The molecule has 0 aliphatic carbocycles. The zero-order chi connectivity index (χ0) is 8.69. The maximum Gasteiger partial charge on any atom is 0.415 e. The third kappa shape index (κ3) is 5.07. The second-order valence-electron chi connectivity index (χ2n) is 1.54. The van der Waals surface area contributed by atoms with E-state index in [2.05, 4.69) is 9.73 Å². The number of ether oxygens (including phenoxy) is 1. The Hall–Kier alpha value is -1.39. The highest BCUT2D eigenvalue weighted by molar-refractivity contribution is 5.94. The van der Waals surface area contributed by atoms with E-state index in [1.165, 1.54) is 6.21 Å². The van der Waals surface area contributed by atoms with Gasteiger partial charge in [0.15, 0.2) is 0 Å². The summed E-state index contributed by atoms with van der Waals surface area (Å²) in [6.45, 7) is 3.45. The molecular weight excluding hydrogens is 148 g/mol. The number of carbonyl (C=O) groups is 2. The van der Waals surface area contributed by atoms with Crippen molar-refractivity contribution in [2.75, 3.05) is 6.61 Å². The molecular formula is C6H10N2O3. The molecule has 0 radical (unpaired) electrons. The van der Waals surface area contributed by atoms with Gasteiger partial charge in [0.05, 0.1) is 6.61 Å². The van der Waals surface area contributed by atoms with Gasteiger partial charge in [-0.05, 0) is 13.8 Å². The van der Waals surface area contributed by atoms with Crippen molar-refractivity contribution in [3.05, 3.63) is 0 Å². The summed E-state index contributed by atoms with van der Waals surface area (Å²) in [4.78, 5) is 24.3. The van der Waals surface area contributed by atoms with Crippen LogP contribution in [-0.4, -0.2) is 24.9 Å². The third-order valence-corrected chi connectivity index (χ3v) is 0.731. The molecule has 0 unspecified atom stereocenters. The van der Waals surface area contributed by atoms with Gasteiger partial charge in [0.2, 0.25) is 0 Å². The lowest BCUT2D eigenvalue weighted by Crippen LogP contribution is -2.28. The van der Waals surface area contributed by atoms with E-state index in [1.54, 1.807) is 13.8 Å². The lowest BCUT2D eigenvalue weighted by molar-refractivity contribution is 0.153. The number of nitrogens with zero attached hydrogens (tertiary/aromatic N) is 1. The van der Waals surface area contributed by atoms with E-state index in [9.17, 15) is 9.59 Å². The number of hydrogen-bond acceptors (Lipinski definition) is 3. The van der Waals surface area contributed by atoms with Gasteiger partial charge in [-0.3, -0.25) is 0 Å². The van der Waals surface area contributed by atoms with Gasteiger partial charge in [-0.2, -0.15) is 0 Å². The van der Waals surface area contributed by atoms with E-state index in [-0.39, 0.29) is 6.61 Å². The molecule has 0 bridgehead atoms. The number of imide groups is 1. The van der Waals surface area contributed by atoms with Crippen molar-refractivity contribution < 1.29 is 14.3 Å². The molecule has 0 aromatic rings. The van der Waals surface area contributed by atoms with Crippen LogP contribution in [0, 0.1) is 0 Å². The SMILES string of the molecule is CC=NC(=O)NC(=O)OCC. The third-order valence-electron chi connectivity index (χ3n) is 0.731. The molecule has 0 spiro atoms. The molecule has 0 atom stereocenters. The van der Waals surface area contributed by atoms with Crippen molar-refractivity contribution in [2.24, 2.45) is 4.99 Å². The Balaban J connectivity index is 3.66. The van der Waals surface area contributed by atoms with Crippen molar-refractivity contribution in [3.63, 3.8) is 0 Å². The first kappa shape index (κ1) is 9.61. The average molecular weight is 158 g/mol. The van der Waals surface area contributed by atoms with Crippen LogP contribution >= 0.6 is 0 Å². The van der Waals surface area contributed by atoms with Gasteiger partial charge in [-0.1, -0.05) is 0 Å². The largest absolute Gasteiger partial charge is 0.450 e. The quantitative estimate of drug-likeness (QED) is 0.577. The van der Waals surface area contributed by atoms with Gasteiger partial charge in [0.25, 0.3) is 0 Å². The number of urea groups is 1. The summed E-state index contributed by atoms with van der Waals surface area (Å²) < 4.78 is 4.41. The smallest absolute Gasteiger partial charge is 0.415 e. The fourth-order valence-electron chi connectivity index (χ4n) is 0.404. The molecule has 3 amide bonds. The number of nitrogens with one attached hydrogen (secondary N) is 1. The number of carbonyl (C=O) groups excluding carboxylic acids is 2. The Kier molecular flexibility index (Phi) is 4.72. The molecule has 0 aliphatic heterocycles. The van der Waals surface area contributed by atoms with Crippen LogP contribution in [0.3, 0.4) is 0 Å². The molecule has 5 nitrogen and oxygen atoms in total. The molecule has 0 aromatic carbocycles. The minimum atomic E-state index is -0.775. The molecule has 0 saturated carbocycles. The van der Waals surface area contributed by atoms with Crippen LogP contribution in [0.5, 0.6) is 0 Å². The zero-order valence-corrected chi connectivity index (χ0v) is 6.46. The lowest BCUT2D eigenvalue weighted by Gasteiger charge is -1.98. The second kappa shape index (κ2) is 5.40. The molecule has 0 saturated heterocycles.